The molecule has 0 aliphatic heterocycles. The summed E-state index contributed by atoms with van der Waals surface area (Å²) in [6.07, 6.45) is 66.7. The fraction of sp³-hybridized carbons (Fsp3) is 0.789. The molecular weight excluding hydrogens is 779 g/mol. The second kappa shape index (κ2) is 52.2. The molecule has 0 fully saturated rings. The summed E-state index contributed by atoms with van der Waals surface area (Å²) >= 11 is 0. The van der Waals surface area contributed by atoms with E-state index in [1.165, 1.54) is 167 Å². The lowest BCUT2D eigenvalue weighted by molar-refractivity contribution is -0.143. The van der Waals surface area contributed by atoms with Gasteiger partial charge in [0.1, 0.15) is 0 Å². The van der Waals surface area contributed by atoms with Gasteiger partial charge in [-0.15, -0.1) is 0 Å². The molecule has 0 aliphatic carbocycles. The highest BCUT2D eigenvalue weighted by Crippen LogP contribution is 2.15. The Morgan fingerprint density at radius 1 is 0.444 bits per heavy atom. The van der Waals surface area contributed by atoms with Gasteiger partial charge in [-0.1, -0.05) is 235 Å². The fourth-order valence-corrected chi connectivity index (χ4v) is 7.84. The van der Waals surface area contributed by atoms with Crippen LogP contribution in [0.1, 0.15) is 264 Å². The van der Waals surface area contributed by atoms with Crippen LogP contribution in [0.3, 0.4) is 0 Å². The minimum absolute atomic E-state index is 0.0346. The first-order chi connectivity index (χ1) is 31.0. The van der Waals surface area contributed by atoms with Crippen molar-refractivity contribution in [2.75, 3.05) is 13.2 Å². The van der Waals surface area contributed by atoms with Crippen LogP contribution in [-0.2, 0) is 14.3 Å². The molecule has 6 nitrogen and oxygen atoms in total. The molecule has 0 radical (unpaired) electrons. The maximum absolute atomic E-state index is 12.4. The summed E-state index contributed by atoms with van der Waals surface area (Å²) in [5, 5.41) is 23.1. The molecule has 0 rings (SSSR count). The number of nitrogens with one attached hydrogen (secondary N) is 1. The summed E-state index contributed by atoms with van der Waals surface area (Å²) < 4.78 is 5.43. The fourth-order valence-electron chi connectivity index (χ4n) is 7.84. The van der Waals surface area contributed by atoms with Gasteiger partial charge in [-0.3, -0.25) is 9.59 Å². The van der Waals surface area contributed by atoms with Gasteiger partial charge in [0.25, 0.3) is 0 Å². The molecule has 0 bridgehead atoms. The first kappa shape index (κ1) is 60.6. The molecule has 0 aromatic heterocycles. The minimum atomic E-state index is -0.882. The van der Waals surface area contributed by atoms with Gasteiger partial charge < -0.3 is 20.3 Å². The van der Waals surface area contributed by atoms with Crippen molar-refractivity contribution in [1.82, 2.24) is 5.32 Å². The number of unbranched alkanes of at least 4 members (excludes halogenated alkanes) is 30. The summed E-state index contributed by atoms with van der Waals surface area (Å²) in [4.78, 5) is 24.4. The number of hydrogen-bond acceptors (Lipinski definition) is 5. The van der Waals surface area contributed by atoms with Crippen molar-refractivity contribution in [1.29, 1.82) is 0 Å². The molecule has 0 saturated carbocycles. The highest BCUT2D eigenvalue weighted by Gasteiger charge is 2.17. The van der Waals surface area contributed by atoms with Crippen LogP contribution in [0.5, 0.6) is 0 Å². The molecule has 0 aromatic rings. The van der Waals surface area contributed by atoms with Crippen molar-refractivity contribution in [3.05, 3.63) is 60.8 Å². The smallest absolute Gasteiger partial charge is 0.305 e. The van der Waals surface area contributed by atoms with Crippen molar-refractivity contribution < 1.29 is 24.5 Å². The zero-order valence-electron chi connectivity index (χ0n) is 41.5. The third-order valence-corrected chi connectivity index (χ3v) is 12.0. The second-order valence-electron chi connectivity index (χ2n) is 18.2. The normalized spacial score (nSPS) is 13.1. The van der Waals surface area contributed by atoms with E-state index in [9.17, 15) is 19.8 Å². The van der Waals surface area contributed by atoms with E-state index in [0.717, 1.165) is 64.2 Å². The number of hydrogen-bond donors (Lipinski definition) is 3. The largest absolute Gasteiger partial charge is 0.466 e. The van der Waals surface area contributed by atoms with Crippen LogP contribution in [0.2, 0.25) is 0 Å². The van der Waals surface area contributed by atoms with Gasteiger partial charge in [0, 0.05) is 12.8 Å². The van der Waals surface area contributed by atoms with Crippen LogP contribution in [0.4, 0.5) is 0 Å². The number of aliphatic hydroxyl groups is 2. The van der Waals surface area contributed by atoms with E-state index in [-0.39, 0.29) is 18.5 Å². The van der Waals surface area contributed by atoms with Crippen molar-refractivity contribution in [3.8, 4) is 0 Å². The highest BCUT2D eigenvalue weighted by atomic mass is 16.5. The lowest BCUT2D eigenvalue weighted by atomic mass is 10.0. The molecule has 366 valence electrons. The van der Waals surface area contributed by atoms with E-state index in [4.69, 9.17) is 4.74 Å². The molecular formula is C57H103NO5. The summed E-state index contributed by atoms with van der Waals surface area (Å²) in [6, 6.07) is -0.674. The van der Waals surface area contributed by atoms with Gasteiger partial charge in [0.2, 0.25) is 5.91 Å². The standard InChI is InChI=1S/C57H103NO5/c1-3-5-7-9-11-13-15-17-18-19-20-21-22-23-26-29-33-37-41-45-49-55(60)54(53-59)58-56(61)50-46-42-38-34-30-27-24-28-32-36-40-44-48-52-63-57(62)51-47-43-39-35-31-25-16-14-12-10-8-6-4-2/h8,10,14,16,27,30,38,42,45,49,54-55,59-60H,3-7,9,11-13,15,17-26,28-29,31-37,39-41,43-44,46-48,50-53H2,1-2H3,(H,58,61)/b10-8-,16-14-,30-27-,42-38-,49-45+. The molecule has 0 aromatic carbocycles. The highest BCUT2D eigenvalue weighted by molar-refractivity contribution is 5.76. The van der Waals surface area contributed by atoms with Crippen molar-refractivity contribution in [2.24, 2.45) is 0 Å². The predicted molar refractivity (Wildman–Crippen MR) is 273 cm³/mol. The summed E-state index contributed by atoms with van der Waals surface area (Å²) in [7, 11) is 0. The lowest BCUT2D eigenvalue weighted by Crippen LogP contribution is -2.45. The number of aliphatic hydroxyl groups excluding tert-OH is 2. The summed E-state index contributed by atoms with van der Waals surface area (Å²) in [5.41, 5.74) is 0. The van der Waals surface area contributed by atoms with Crippen molar-refractivity contribution in [3.63, 3.8) is 0 Å². The third kappa shape index (κ3) is 48.8. The van der Waals surface area contributed by atoms with Crippen LogP contribution in [0, 0.1) is 0 Å². The van der Waals surface area contributed by atoms with Crippen LogP contribution in [0.25, 0.3) is 0 Å². The number of carbonyl (C=O) groups excluding carboxylic acids is 2. The van der Waals surface area contributed by atoms with E-state index in [2.05, 4.69) is 61.7 Å². The monoisotopic (exact) mass is 882 g/mol. The van der Waals surface area contributed by atoms with Crippen LogP contribution in [-0.4, -0.2) is 47.4 Å². The van der Waals surface area contributed by atoms with Gasteiger partial charge >= 0.3 is 5.97 Å². The molecule has 6 heteroatoms. The van der Waals surface area contributed by atoms with E-state index in [0.29, 0.717) is 25.9 Å². The molecule has 0 aliphatic rings. The number of esters is 1. The maximum atomic E-state index is 12.4. The van der Waals surface area contributed by atoms with Gasteiger partial charge in [0.15, 0.2) is 0 Å². The average molecular weight is 882 g/mol. The first-order valence-corrected chi connectivity index (χ1v) is 27.1. The van der Waals surface area contributed by atoms with E-state index in [1.807, 2.05) is 12.2 Å². The Bertz CT molecular complexity index is 1110. The summed E-state index contributed by atoms with van der Waals surface area (Å²) in [5.74, 6) is -0.184. The quantitative estimate of drug-likeness (QED) is 0.0321. The molecule has 0 spiro atoms. The van der Waals surface area contributed by atoms with Gasteiger partial charge in [0.05, 0.1) is 25.4 Å². The molecule has 63 heavy (non-hydrogen) atoms. The van der Waals surface area contributed by atoms with Crippen LogP contribution < -0.4 is 5.32 Å². The Hall–Kier alpha value is -2.44. The average Bonchev–Trinajstić information content (AvgIpc) is 3.28. The zero-order chi connectivity index (χ0) is 45.8. The van der Waals surface area contributed by atoms with Gasteiger partial charge in [-0.25, -0.2) is 0 Å². The van der Waals surface area contributed by atoms with E-state index in [1.54, 1.807) is 6.08 Å². The Labute approximate surface area is 390 Å². The maximum Gasteiger partial charge on any atom is 0.305 e. The molecule has 1 amide bonds. The Morgan fingerprint density at radius 3 is 1.30 bits per heavy atom. The molecule has 2 atom stereocenters. The summed E-state index contributed by atoms with van der Waals surface area (Å²) in [6.45, 7) is 4.76. The van der Waals surface area contributed by atoms with E-state index >= 15 is 0 Å². The number of carbonyl (C=O) groups is 2. The Kier molecular flexibility index (Phi) is 50.2. The van der Waals surface area contributed by atoms with Crippen LogP contribution >= 0.6 is 0 Å². The lowest BCUT2D eigenvalue weighted by Gasteiger charge is -2.19. The predicted octanol–water partition coefficient (Wildman–Crippen LogP) is 16.4. The molecule has 3 N–H and O–H groups in total. The van der Waals surface area contributed by atoms with Gasteiger partial charge in [-0.2, -0.15) is 0 Å². The Balaban J connectivity index is 3.61. The molecule has 0 saturated heterocycles. The SMILES string of the molecule is CCC/C=C\C/C=C\CCCCCCCC(=O)OCCCCCCCC/C=C\C/C=C\CCC(=O)NC(CO)C(O)/C=C/CCCCCCCCCCCCCCCCCCCC. The van der Waals surface area contributed by atoms with Crippen LogP contribution in [0.15, 0.2) is 60.8 Å². The second-order valence-corrected chi connectivity index (χ2v) is 18.2. The number of amides is 1. The van der Waals surface area contributed by atoms with E-state index < -0.39 is 12.1 Å². The van der Waals surface area contributed by atoms with Crippen molar-refractivity contribution >= 4 is 11.9 Å². The van der Waals surface area contributed by atoms with Crippen molar-refractivity contribution in [2.45, 2.75) is 276 Å². The first-order valence-electron chi connectivity index (χ1n) is 27.1. The number of rotatable bonds is 49. The number of ether oxygens (including phenoxy) is 1. The Morgan fingerprint density at radius 2 is 0.841 bits per heavy atom. The minimum Gasteiger partial charge on any atom is -0.466 e. The molecule has 0 heterocycles. The third-order valence-electron chi connectivity index (χ3n) is 12.0. The van der Waals surface area contributed by atoms with Gasteiger partial charge in [-0.05, 0) is 77.0 Å². The topological polar surface area (TPSA) is 95.9 Å². The molecule has 2 unspecified atom stereocenters. The number of allylic oxidation sites excluding steroid dienone is 9. The zero-order valence-corrected chi connectivity index (χ0v) is 41.5.